The Morgan fingerprint density at radius 3 is 2.11 bits per heavy atom. The molecule has 0 aromatic carbocycles. The Kier molecular flexibility index (Phi) is 4.91. The second-order valence-corrected chi connectivity index (χ2v) is 9.02. The van der Waals surface area contributed by atoms with Crippen LogP contribution in [0.25, 0.3) is 0 Å². The van der Waals surface area contributed by atoms with Crippen molar-refractivity contribution in [3.63, 3.8) is 0 Å². The van der Waals surface area contributed by atoms with E-state index in [0.29, 0.717) is 10.7 Å². The lowest BCUT2D eigenvalue weighted by Crippen LogP contribution is -2.56. The molecule has 7 nitrogen and oxygen atoms in total. The van der Waals surface area contributed by atoms with Crippen LogP contribution in [0.3, 0.4) is 0 Å². The highest BCUT2D eigenvalue weighted by Gasteiger charge is 2.47. The van der Waals surface area contributed by atoms with Gasteiger partial charge in [0.15, 0.2) is 5.01 Å². The Morgan fingerprint density at radius 1 is 0.893 bits per heavy atom. The number of amides is 2. The predicted molar refractivity (Wildman–Crippen MR) is 106 cm³/mol. The van der Waals surface area contributed by atoms with E-state index in [1.807, 2.05) is 19.2 Å². The number of nitrogens with zero attached hydrogens (tertiary/aromatic N) is 3. The highest BCUT2D eigenvalue weighted by atomic mass is 32.1. The normalized spacial score (nSPS) is 26.5. The SMILES string of the molecule is Cc1cncc(C(=O)NC23CCCC(NC(=O)c4nc(C)cs4)(CC2)CC3)n1. The highest BCUT2D eigenvalue weighted by molar-refractivity contribution is 7.11. The molecule has 2 bridgehead atoms. The van der Waals surface area contributed by atoms with Gasteiger partial charge in [0.05, 0.1) is 11.9 Å². The van der Waals surface area contributed by atoms with Gasteiger partial charge in [-0.05, 0) is 58.8 Å². The van der Waals surface area contributed by atoms with Gasteiger partial charge in [-0.2, -0.15) is 0 Å². The number of carbonyl (C=O) groups excluding carboxylic acids is 2. The molecule has 148 valence electrons. The summed E-state index contributed by atoms with van der Waals surface area (Å²) < 4.78 is 0. The molecule has 3 fully saturated rings. The van der Waals surface area contributed by atoms with Crippen LogP contribution in [0.1, 0.15) is 76.6 Å². The van der Waals surface area contributed by atoms with Crippen LogP contribution in [0.15, 0.2) is 17.8 Å². The largest absolute Gasteiger partial charge is 0.345 e. The molecule has 2 aromatic rings. The van der Waals surface area contributed by atoms with Crippen LogP contribution in [0.4, 0.5) is 0 Å². The summed E-state index contributed by atoms with van der Waals surface area (Å²) >= 11 is 1.39. The molecule has 0 aliphatic heterocycles. The van der Waals surface area contributed by atoms with Crippen molar-refractivity contribution in [1.29, 1.82) is 0 Å². The summed E-state index contributed by atoms with van der Waals surface area (Å²) in [7, 11) is 0. The third-order valence-corrected chi connectivity index (χ3v) is 6.99. The zero-order valence-electron chi connectivity index (χ0n) is 16.2. The van der Waals surface area contributed by atoms with Crippen LogP contribution in [-0.2, 0) is 0 Å². The van der Waals surface area contributed by atoms with Crippen molar-refractivity contribution in [3.8, 4) is 0 Å². The van der Waals surface area contributed by atoms with Crippen LogP contribution < -0.4 is 10.6 Å². The van der Waals surface area contributed by atoms with Crippen LogP contribution >= 0.6 is 11.3 Å². The van der Waals surface area contributed by atoms with E-state index in [4.69, 9.17) is 0 Å². The van der Waals surface area contributed by atoms with Crippen molar-refractivity contribution in [1.82, 2.24) is 25.6 Å². The molecule has 0 atom stereocenters. The first-order valence-corrected chi connectivity index (χ1v) is 10.6. The van der Waals surface area contributed by atoms with Gasteiger partial charge in [0.25, 0.3) is 11.8 Å². The number of rotatable bonds is 4. The van der Waals surface area contributed by atoms with E-state index >= 15 is 0 Å². The van der Waals surface area contributed by atoms with Gasteiger partial charge in [-0.1, -0.05) is 0 Å². The number of nitrogens with one attached hydrogen (secondary N) is 2. The molecule has 0 radical (unpaired) electrons. The molecular weight excluding hydrogens is 374 g/mol. The van der Waals surface area contributed by atoms with Gasteiger partial charge in [-0.3, -0.25) is 14.6 Å². The first kappa shape index (κ1) is 19.0. The molecule has 0 saturated heterocycles. The van der Waals surface area contributed by atoms with Crippen LogP contribution in [0, 0.1) is 13.8 Å². The number of aromatic nitrogens is 3. The van der Waals surface area contributed by atoms with Gasteiger partial charge in [0.2, 0.25) is 0 Å². The Labute approximate surface area is 168 Å². The standard InChI is InChI=1S/C20H25N5O2S/c1-13-10-21-11-15(22-13)16(26)24-19-4-3-5-20(8-6-19,9-7-19)25-17(27)18-23-14(2)12-28-18/h10-12H,3-9H2,1-2H3,(H,24,26)(H,25,27). The molecule has 28 heavy (non-hydrogen) atoms. The summed E-state index contributed by atoms with van der Waals surface area (Å²) in [4.78, 5) is 38.0. The molecule has 3 aliphatic carbocycles. The molecule has 5 rings (SSSR count). The van der Waals surface area contributed by atoms with Gasteiger partial charge in [0, 0.05) is 28.3 Å². The minimum atomic E-state index is -0.217. The van der Waals surface area contributed by atoms with Crippen LogP contribution in [-0.4, -0.2) is 37.8 Å². The molecule has 0 unspecified atom stereocenters. The Morgan fingerprint density at radius 2 is 1.54 bits per heavy atom. The molecule has 3 saturated carbocycles. The molecular formula is C20H25N5O2S. The maximum absolute atomic E-state index is 12.7. The summed E-state index contributed by atoms with van der Waals surface area (Å²) in [6.45, 7) is 3.72. The number of thiazole rings is 1. The summed E-state index contributed by atoms with van der Waals surface area (Å²) in [6, 6.07) is 0. The van der Waals surface area contributed by atoms with Crippen molar-refractivity contribution in [2.45, 2.75) is 69.9 Å². The van der Waals surface area contributed by atoms with Gasteiger partial charge >= 0.3 is 0 Å². The van der Waals surface area contributed by atoms with Crippen LogP contribution in [0.5, 0.6) is 0 Å². The van der Waals surface area contributed by atoms with Crippen molar-refractivity contribution in [2.24, 2.45) is 0 Å². The topological polar surface area (TPSA) is 96.9 Å². The zero-order valence-corrected chi connectivity index (χ0v) is 17.1. The monoisotopic (exact) mass is 399 g/mol. The average Bonchev–Trinajstić information content (AvgIpc) is 2.94. The Balaban J connectivity index is 1.44. The third kappa shape index (κ3) is 3.78. The molecule has 2 N–H and O–H groups in total. The van der Waals surface area contributed by atoms with Gasteiger partial charge < -0.3 is 10.6 Å². The van der Waals surface area contributed by atoms with E-state index in [1.54, 1.807) is 6.20 Å². The molecule has 8 heteroatoms. The summed E-state index contributed by atoms with van der Waals surface area (Å²) in [5.41, 5.74) is 1.56. The third-order valence-electron chi connectivity index (χ3n) is 6.03. The van der Waals surface area contributed by atoms with Gasteiger partial charge in [-0.25, -0.2) is 9.97 Å². The average molecular weight is 400 g/mol. The first-order valence-electron chi connectivity index (χ1n) is 9.75. The summed E-state index contributed by atoms with van der Waals surface area (Å²) in [5, 5.41) is 8.94. The van der Waals surface area contributed by atoms with Gasteiger partial charge in [0.1, 0.15) is 5.69 Å². The number of carbonyl (C=O) groups is 2. The lowest BCUT2D eigenvalue weighted by molar-refractivity contribution is 0.0775. The second-order valence-electron chi connectivity index (χ2n) is 8.16. The Hall–Kier alpha value is -2.35. The molecule has 2 aromatic heterocycles. The zero-order chi connectivity index (χ0) is 19.8. The summed E-state index contributed by atoms with van der Waals surface area (Å²) in [6.07, 6.45) is 9.42. The van der Waals surface area contributed by atoms with Crippen molar-refractivity contribution in [3.05, 3.63) is 39.9 Å². The van der Waals surface area contributed by atoms with Crippen molar-refractivity contribution >= 4 is 23.2 Å². The minimum absolute atomic E-state index is 0.0772. The first-order chi connectivity index (χ1) is 13.4. The smallest absolute Gasteiger partial charge is 0.280 e. The van der Waals surface area contributed by atoms with Crippen LogP contribution in [0.2, 0.25) is 0 Å². The number of hydrogen-bond donors (Lipinski definition) is 2. The number of fused-ring (bicyclic) bond motifs is 4. The fourth-order valence-corrected chi connectivity index (χ4v) is 5.17. The minimum Gasteiger partial charge on any atom is -0.345 e. The maximum atomic E-state index is 12.7. The van der Waals surface area contributed by atoms with Gasteiger partial charge in [-0.15, -0.1) is 11.3 Å². The summed E-state index contributed by atoms with van der Waals surface area (Å²) in [5.74, 6) is -0.237. The predicted octanol–water partition coefficient (Wildman–Crippen LogP) is 2.95. The van der Waals surface area contributed by atoms with E-state index in [2.05, 4.69) is 25.6 Å². The van der Waals surface area contributed by atoms with E-state index in [9.17, 15) is 9.59 Å². The quantitative estimate of drug-likeness (QED) is 0.824. The molecule has 2 heterocycles. The fraction of sp³-hybridized carbons (Fsp3) is 0.550. The van der Waals surface area contributed by atoms with E-state index in [-0.39, 0.29) is 22.9 Å². The molecule has 3 aliphatic rings. The van der Waals surface area contributed by atoms with Crippen molar-refractivity contribution < 1.29 is 9.59 Å². The lowest BCUT2D eigenvalue weighted by atomic mass is 9.74. The Bertz CT molecular complexity index is 902. The van der Waals surface area contributed by atoms with E-state index in [1.165, 1.54) is 17.5 Å². The van der Waals surface area contributed by atoms with Crippen molar-refractivity contribution in [2.75, 3.05) is 0 Å². The maximum Gasteiger partial charge on any atom is 0.280 e. The molecule has 2 amide bonds. The van der Waals surface area contributed by atoms with E-state index < -0.39 is 0 Å². The number of hydrogen-bond acceptors (Lipinski definition) is 6. The molecule has 0 spiro atoms. The highest BCUT2D eigenvalue weighted by Crippen LogP contribution is 2.44. The fourth-order valence-electron chi connectivity index (χ4n) is 4.48. The number of aryl methyl sites for hydroxylation is 2. The lowest BCUT2D eigenvalue weighted by Gasteiger charge is -2.43. The van der Waals surface area contributed by atoms with E-state index in [0.717, 1.165) is 56.3 Å². The second kappa shape index (κ2) is 7.24.